The molecule has 5 heteroatoms. The average molecular weight is 425 g/mol. The normalized spacial score (nSPS) is 16.4. The standard InChI is InChI=1S/C26H26F3NO/c27-26(28,29)24-13-7-8-20(18-24)19-30-16-14-23(15-17-30)25(31,21-9-3-1-4-10-21)22-11-5-2-6-12-22/h1-13,18,23,31H,14-17,19H2. The van der Waals surface area contributed by atoms with Gasteiger partial charge in [0.2, 0.25) is 0 Å². The van der Waals surface area contributed by atoms with Crippen LogP contribution in [0.2, 0.25) is 0 Å². The van der Waals surface area contributed by atoms with Gasteiger partial charge in [0, 0.05) is 6.54 Å². The number of likely N-dealkylation sites (tertiary alicyclic amines) is 1. The van der Waals surface area contributed by atoms with Crippen LogP contribution in [0.1, 0.15) is 35.1 Å². The molecular weight excluding hydrogens is 399 g/mol. The van der Waals surface area contributed by atoms with E-state index in [-0.39, 0.29) is 5.92 Å². The Hall–Kier alpha value is -2.63. The summed E-state index contributed by atoms with van der Waals surface area (Å²) in [5.41, 5.74) is 0.706. The fourth-order valence-electron chi connectivity index (χ4n) is 4.64. The molecule has 0 unspecified atom stereocenters. The fourth-order valence-corrected chi connectivity index (χ4v) is 4.64. The molecule has 0 atom stereocenters. The first-order valence-corrected chi connectivity index (χ1v) is 10.6. The van der Waals surface area contributed by atoms with Crippen LogP contribution in [0.25, 0.3) is 0 Å². The van der Waals surface area contributed by atoms with Crippen LogP contribution in [0, 0.1) is 5.92 Å². The highest BCUT2D eigenvalue weighted by atomic mass is 19.4. The predicted octanol–water partition coefficient (Wildman–Crippen LogP) is 5.85. The minimum Gasteiger partial charge on any atom is -0.380 e. The monoisotopic (exact) mass is 425 g/mol. The number of alkyl halides is 3. The smallest absolute Gasteiger partial charge is 0.380 e. The van der Waals surface area contributed by atoms with Gasteiger partial charge >= 0.3 is 6.18 Å². The van der Waals surface area contributed by atoms with Crippen LogP contribution in [0.4, 0.5) is 13.2 Å². The summed E-state index contributed by atoms with van der Waals surface area (Å²) < 4.78 is 39.0. The van der Waals surface area contributed by atoms with Crippen LogP contribution in [0.15, 0.2) is 84.9 Å². The summed E-state index contributed by atoms with van der Waals surface area (Å²) in [4.78, 5) is 2.17. The van der Waals surface area contributed by atoms with Gasteiger partial charge in [-0.1, -0.05) is 78.9 Å². The van der Waals surface area contributed by atoms with Gasteiger partial charge in [0.1, 0.15) is 5.60 Å². The Labute approximate surface area is 181 Å². The van der Waals surface area contributed by atoms with Gasteiger partial charge in [-0.15, -0.1) is 0 Å². The number of hydrogen-bond donors (Lipinski definition) is 1. The number of piperidine rings is 1. The third-order valence-electron chi connectivity index (χ3n) is 6.27. The Morgan fingerprint density at radius 2 is 1.26 bits per heavy atom. The van der Waals surface area contributed by atoms with E-state index in [1.54, 1.807) is 6.07 Å². The molecule has 2 nitrogen and oxygen atoms in total. The highest BCUT2D eigenvalue weighted by molar-refractivity contribution is 5.37. The maximum absolute atomic E-state index is 13.0. The van der Waals surface area contributed by atoms with Gasteiger partial charge < -0.3 is 5.11 Å². The molecular formula is C26H26F3NO. The van der Waals surface area contributed by atoms with Crippen LogP contribution in [0.3, 0.4) is 0 Å². The second-order valence-corrected chi connectivity index (χ2v) is 8.25. The van der Waals surface area contributed by atoms with Gasteiger partial charge in [-0.2, -0.15) is 13.2 Å². The maximum atomic E-state index is 13.0. The Bertz CT molecular complexity index is 941. The number of aliphatic hydroxyl groups is 1. The molecule has 0 saturated carbocycles. The molecule has 3 aromatic carbocycles. The molecule has 0 aromatic heterocycles. The quantitative estimate of drug-likeness (QED) is 0.554. The van der Waals surface area contributed by atoms with E-state index in [0.717, 1.165) is 43.1 Å². The molecule has 0 amide bonds. The zero-order valence-electron chi connectivity index (χ0n) is 17.2. The first kappa shape index (κ1) is 21.6. The fraction of sp³-hybridized carbons (Fsp3) is 0.308. The molecule has 31 heavy (non-hydrogen) atoms. The van der Waals surface area contributed by atoms with E-state index < -0.39 is 17.3 Å². The summed E-state index contributed by atoms with van der Waals surface area (Å²) in [6, 6.07) is 25.0. The number of benzene rings is 3. The molecule has 1 aliphatic heterocycles. The molecule has 1 fully saturated rings. The van der Waals surface area contributed by atoms with Crippen LogP contribution in [-0.2, 0) is 18.3 Å². The molecule has 0 bridgehead atoms. The Kier molecular flexibility index (Phi) is 6.17. The zero-order valence-corrected chi connectivity index (χ0v) is 17.2. The van der Waals surface area contributed by atoms with Crippen molar-refractivity contribution in [1.82, 2.24) is 4.90 Å². The van der Waals surface area contributed by atoms with E-state index in [1.165, 1.54) is 12.1 Å². The van der Waals surface area contributed by atoms with Crippen molar-refractivity contribution < 1.29 is 18.3 Å². The zero-order chi connectivity index (χ0) is 21.9. The lowest BCUT2D eigenvalue weighted by Gasteiger charge is -2.42. The average Bonchev–Trinajstić information content (AvgIpc) is 2.80. The van der Waals surface area contributed by atoms with Crippen LogP contribution in [-0.4, -0.2) is 23.1 Å². The van der Waals surface area contributed by atoms with Crippen molar-refractivity contribution in [2.75, 3.05) is 13.1 Å². The molecule has 4 rings (SSSR count). The highest BCUT2D eigenvalue weighted by Gasteiger charge is 2.41. The van der Waals surface area contributed by atoms with Crippen molar-refractivity contribution in [3.63, 3.8) is 0 Å². The number of rotatable bonds is 5. The summed E-state index contributed by atoms with van der Waals surface area (Å²) in [5.74, 6) is 0.0232. The highest BCUT2D eigenvalue weighted by Crippen LogP contribution is 2.42. The molecule has 1 saturated heterocycles. The van der Waals surface area contributed by atoms with Crippen LogP contribution >= 0.6 is 0 Å². The third-order valence-corrected chi connectivity index (χ3v) is 6.27. The molecule has 1 N–H and O–H groups in total. The van der Waals surface area contributed by atoms with Crippen molar-refractivity contribution in [2.45, 2.75) is 31.2 Å². The van der Waals surface area contributed by atoms with E-state index in [2.05, 4.69) is 4.90 Å². The minimum atomic E-state index is -4.33. The summed E-state index contributed by atoms with van der Waals surface area (Å²) in [6.45, 7) is 1.93. The lowest BCUT2D eigenvalue weighted by Crippen LogP contribution is -2.44. The SMILES string of the molecule is OC(c1ccccc1)(c1ccccc1)C1CCN(Cc2cccc(C(F)(F)F)c2)CC1. The maximum Gasteiger partial charge on any atom is 0.416 e. The molecule has 0 spiro atoms. The van der Waals surface area contributed by atoms with Gasteiger partial charge in [-0.25, -0.2) is 0 Å². The Morgan fingerprint density at radius 1 is 0.742 bits per heavy atom. The Balaban J connectivity index is 1.50. The van der Waals surface area contributed by atoms with Crippen LogP contribution in [0.5, 0.6) is 0 Å². The first-order valence-electron chi connectivity index (χ1n) is 10.6. The largest absolute Gasteiger partial charge is 0.416 e. The summed E-state index contributed by atoms with van der Waals surface area (Å²) in [5, 5.41) is 11.9. The summed E-state index contributed by atoms with van der Waals surface area (Å²) >= 11 is 0. The van der Waals surface area contributed by atoms with Crippen LogP contribution < -0.4 is 0 Å². The number of nitrogens with zero attached hydrogens (tertiary/aromatic N) is 1. The molecule has 0 radical (unpaired) electrons. The second kappa shape index (κ2) is 8.85. The van der Waals surface area contributed by atoms with Gasteiger partial charge in [-0.05, 0) is 54.6 Å². The summed E-state index contributed by atoms with van der Waals surface area (Å²) in [7, 11) is 0. The van der Waals surface area contributed by atoms with Gasteiger partial charge in [0.15, 0.2) is 0 Å². The number of hydrogen-bond acceptors (Lipinski definition) is 2. The molecule has 1 heterocycles. The molecule has 1 aliphatic rings. The van der Waals surface area contributed by atoms with Crippen molar-refractivity contribution in [1.29, 1.82) is 0 Å². The van der Waals surface area contributed by atoms with Gasteiger partial charge in [0.25, 0.3) is 0 Å². The second-order valence-electron chi connectivity index (χ2n) is 8.25. The van der Waals surface area contributed by atoms with E-state index >= 15 is 0 Å². The van der Waals surface area contributed by atoms with Gasteiger partial charge in [-0.3, -0.25) is 4.90 Å². The number of halogens is 3. The molecule has 0 aliphatic carbocycles. The third kappa shape index (κ3) is 4.68. The topological polar surface area (TPSA) is 23.5 Å². The summed E-state index contributed by atoms with van der Waals surface area (Å²) in [6.07, 6.45) is -2.80. The lowest BCUT2D eigenvalue weighted by atomic mass is 9.72. The molecule has 162 valence electrons. The van der Waals surface area contributed by atoms with Crippen molar-refractivity contribution in [2.24, 2.45) is 5.92 Å². The van der Waals surface area contributed by atoms with Gasteiger partial charge in [0.05, 0.1) is 5.56 Å². The first-order chi connectivity index (χ1) is 14.9. The predicted molar refractivity (Wildman–Crippen MR) is 115 cm³/mol. The van der Waals surface area contributed by atoms with E-state index in [0.29, 0.717) is 12.1 Å². The van der Waals surface area contributed by atoms with E-state index in [1.807, 2.05) is 60.7 Å². The van der Waals surface area contributed by atoms with Crippen molar-refractivity contribution >= 4 is 0 Å². The lowest BCUT2D eigenvalue weighted by molar-refractivity contribution is -0.137. The van der Waals surface area contributed by atoms with Crippen molar-refractivity contribution in [3.05, 3.63) is 107 Å². The van der Waals surface area contributed by atoms with E-state index in [9.17, 15) is 18.3 Å². The minimum absolute atomic E-state index is 0.0232. The van der Waals surface area contributed by atoms with Crippen molar-refractivity contribution in [3.8, 4) is 0 Å². The molecule has 3 aromatic rings. The van der Waals surface area contributed by atoms with E-state index in [4.69, 9.17) is 0 Å². The Morgan fingerprint density at radius 3 is 1.77 bits per heavy atom.